The molecule has 0 aliphatic heterocycles. The normalized spacial score (nSPS) is 10.3. The van der Waals surface area contributed by atoms with E-state index in [-0.39, 0.29) is 29.4 Å². The lowest BCUT2D eigenvalue weighted by molar-refractivity contribution is -0.137. The highest BCUT2D eigenvalue weighted by Crippen LogP contribution is 2.27. The molecule has 104 valence electrons. The van der Waals surface area contributed by atoms with Gasteiger partial charge >= 0.3 is 11.9 Å². The molecule has 0 amide bonds. The van der Waals surface area contributed by atoms with Crippen molar-refractivity contribution < 1.29 is 19.1 Å². The lowest BCUT2D eigenvalue weighted by atomic mass is 10.1. The number of benzene rings is 1. The summed E-state index contributed by atoms with van der Waals surface area (Å²) in [7, 11) is 0. The van der Waals surface area contributed by atoms with E-state index in [0.717, 1.165) is 0 Å². The maximum atomic E-state index is 11.6. The first-order valence-corrected chi connectivity index (χ1v) is 6.53. The highest BCUT2D eigenvalue weighted by Gasteiger charge is 2.13. The molecule has 0 fully saturated rings. The number of ether oxygens (including phenoxy) is 2. The van der Waals surface area contributed by atoms with E-state index in [4.69, 9.17) is 9.47 Å². The Morgan fingerprint density at radius 3 is 2.05 bits per heavy atom. The Kier molecular flexibility index (Phi) is 6.06. The second-order valence-corrected chi connectivity index (χ2v) is 4.74. The molecule has 0 aliphatic carbocycles. The third kappa shape index (κ3) is 5.55. The van der Waals surface area contributed by atoms with Crippen LogP contribution in [0.1, 0.15) is 40.0 Å². The molecule has 0 aromatic heterocycles. The molecule has 0 radical (unpaired) electrons. The fourth-order valence-corrected chi connectivity index (χ4v) is 1.49. The molecule has 0 spiro atoms. The number of hydrogen-bond donors (Lipinski definition) is 0. The lowest BCUT2D eigenvalue weighted by Gasteiger charge is -2.10. The van der Waals surface area contributed by atoms with Crippen molar-refractivity contribution in [3.8, 4) is 11.5 Å². The molecule has 4 heteroatoms. The van der Waals surface area contributed by atoms with Crippen molar-refractivity contribution >= 4 is 11.9 Å². The number of esters is 2. The zero-order valence-electron chi connectivity index (χ0n) is 11.6. The summed E-state index contributed by atoms with van der Waals surface area (Å²) in [6.45, 7) is 5.78. The van der Waals surface area contributed by atoms with E-state index >= 15 is 0 Å². The highest BCUT2D eigenvalue weighted by molar-refractivity contribution is 5.76. The average Bonchev–Trinajstić information content (AvgIpc) is 2.30. The summed E-state index contributed by atoms with van der Waals surface area (Å²) in [6.07, 6.45) is 1.39. The van der Waals surface area contributed by atoms with Gasteiger partial charge in [-0.1, -0.05) is 32.9 Å². The van der Waals surface area contributed by atoms with E-state index < -0.39 is 0 Å². The molecule has 0 aliphatic rings. The van der Waals surface area contributed by atoms with Crippen LogP contribution >= 0.6 is 0 Å². The molecule has 0 N–H and O–H groups in total. The third-order valence-corrected chi connectivity index (χ3v) is 2.33. The van der Waals surface area contributed by atoms with Crippen molar-refractivity contribution in [1.82, 2.24) is 0 Å². The lowest BCUT2D eigenvalue weighted by Crippen LogP contribution is -2.13. The van der Waals surface area contributed by atoms with Gasteiger partial charge in [-0.3, -0.25) is 9.59 Å². The van der Waals surface area contributed by atoms with Gasteiger partial charge in [-0.15, -0.1) is 0 Å². The average molecular weight is 264 g/mol. The number of hydrogen-bond acceptors (Lipinski definition) is 4. The summed E-state index contributed by atoms with van der Waals surface area (Å²) < 4.78 is 10.4. The van der Waals surface area contributed by atoms with E-state index in [9.17, 15) is 9.59 Å². The standard InChI is InChI=1S/C15H20O4/c1-4-7-14(16)18-12-8-5-6-9-13(12)19-15(17)10-11(2)3/h5-6,8-9,11H,4,7,10H2,1-3H3. The van der Waals surface area contributed by atoms with Crippen LogP contribution in [0.3, 0.4) is 0 Å². The van der Waals surface area contributed by atoms with Crippen molar-refractivity contribution in [2.75, 3.05) is 0 Å². The van der Waals surface area contributed by atoms with E-state index in [2.05, 4.69) is 0 Å². The van der Waals surface area contributed by atoms with Gasteiger partial charge < -0.3 is 9.47 Å². The van der Waals surface area contributed by atoms with Crippen molar-refractivity contribution in [2.45, 2.75) is 40.0 Å². The quantitative estimate of drug-likeness (QED) is 0.584. The number of rotatable bonds is 6. The zero-order valence-corrected chi connectivity index (χ0v) is 11.6. The van der Waals surface area contributed by atoms with Gasteiger partial charge in [0.25, 0.3) is 0 Å². The van der Waals surface area contributed by atoms with Crippen molar-refractivity contribution in [3.05, 3.63) is 24.3 Å². The molecule has 0 heterocycles. The van der Waals surface area contributed by atoms with Crippen LogP contribution in [0.25, 0.3) is 0 Å². The zero-order chi connectivity index (χ0) is 14.3. The SMILES string of the molecule is CCCC(=O)Oc1ccccc1OC(=O)CC(C)C. The molecule has 0 unspecified atom stereocenters. The minimum atomic E-state index is -0.325. The molecule has 19 heavy (non-hydrogen) atoms. The van der Waals surface area contributed by atoms with Crippen LogP contribution in [0.2, 0.25) is 0 Å². The summed E-state index contributed by atoms with van der Waals surface area (Å²) in [4.78, 5) is 23.1. The van der Waals surface area contributed by atoms with Gasteiger partial charge in [0.2, 0.25) is 0 Å². The topological polar surface area (TPSA) is 52.6 Å². The summed E-state index contributed by atoms with van der Waals surface area (Å²) in [5.74, 6) is 0.154. The molecular weight excluding hydrogens is 244 g/mol. The van der Waals surface area contributed by atoms with Crippen molar-refractivity contribution in [3.63, 3.8) is 0 Å². The largest absolute Gasteiger partial charge is 0.423 e. The van der Waals surface area contributed by atoms with Gasteiger partial charge in [0.15, 0.2) is 11.5 Å². The minimum absolute atomic E-state index is 0.224. The molecule has 0 saturated carbocycles. The predicted octanol–water partition coefficient (Wildman–Crippen LogP) is 3.34. The van der Waals surface area contributed by atoms with Crippen LogP contribution in [-0.4, -0.2) is 11.9 Å². The Bertz CT molecular complexity index is 438. The first-order chi connectivity index (χ1) is 9.02. The first-order valence-electron chi connectivity index (χ1n) is 6.53. The van der Waals surface area contributed by atoms with Gasteiger partial charge in [-0.2, -0.15) is 0 Å². The maximum absolute atomic E-state index is 11.6. The summed E-state index contributed by atoms with van der Waals surface area (Å²) in [5.41, 5.74) is 0. The second kappa shape index (κ2) is 7.56. The highest BCUT2D eigenvalue weighted by atomic mass is 16.6. The summed E-state index contributed by atoms with van der Waals surface area (Å²) in [6, 6.07) is 6.70. The van der Waals surface area contributed by atoms with Crippen LogP contribution in [0.5, 0.6) is 11.5 Å². The Hall–Kier alpha value is -1.84. The second-order valence-electron chi connectivity index (χ2n) is 4.74. The van der Waals surface area contributed by atoms with Crippen LogP contribution in [-0.2, 0) is 9.59 Å². The van der Waals surface area contributed by atoms with E-state index in [1.54, 1.807) is 24.3 Å². The first kappa shape index (κ1) is 15.2. The van der Waals surface area contributed by atoms with Crippen LogP contribution in [0.4, 0.5) is 0 Å². The van der Waals surface area contributed by atoms with Crippen molar-refractivity contribution in [1.29, 1.82) is 0 Å². The van der Waals surface area contributed by atoms with Gasteiger partial charge in [0.05, 0.1) is 0 Å². The van der Waals surface area contributed by atoms with Gasteiger partial charge in [0, 0.05) is 12.8 Å². The van der Waals surface area contributed by atoms with Gasteiger partial charge in [-0.05, 0) is 24.5 Å². The van der Waals surface area contributed by atoms with E-state index in [1.807, 2.05) is 20.8 Å². The molecule has 1 rings (SSSR count). The Labute approximate surface area is 113 Å². The monoisotopic (exact) mass is 264 g/mol. The number of carbonyl (C=O) groups is 2. The third-order valence-electron chi connectivity index (χ3n) is 2.33. The number of para-hydroxylation sites is 2. The smallest absolute Gasteiger partial charge is 0.311 e. The number of carbonyl (C=O) groups excluding carboxylic acids is 2. The van der Waals surface area contributed by atoms with E-state index in [0.29, 0.717) is 19.3 Å². The Morgan fingerprint density at radius 1 is 1.05 bits per heavy atom. The molecule has 0 atom stereocenters. The summed E-state index contributed by atoms with van der Waals surface area (Å²) >= 11 is 0. The van der Waals surface area contributed by atoms with E-state index in [1.165, 1.54) is 0 Å². The molecule has 0 saturated heterocycles. The molecule has 4 nitrogen and oxygen atoms in total. The molecule has 1 aromatic rings. The van der Waals surface area contributed by atoms with Crippen molar-refractivity contribution in [2.24, 2.45) is 5.92 Å². The van der Waals surface area contributed by atoms with Gasteiger partial charge in [0.1, 0.15) is 0 Å². The van der Waals surface area contributed by atoms with Crippen LogP contribution in [0, 0.1) is 5.92 Å². The molecular formula is C15H20O4. The predicted molar refractivity (Wildman–Crippen MR) is 72.1 cm³/mol. The Morgan fingerprint density at radius 2 is 1.58 bits per heavy atom. The summed E-state index contributed by atoms with van der Waals surface area (Å²) in [5, 5.41) is 0. The Balaban J connectivity index is 2.72. The fraction of sp³-hybridized carbons (Fsp3) is 0.467. The minimum Gasteiger partial charge on any atom is -0.423 e. The molecule has 1 aromatic carbocycles. The fourth-order valence-electron chi connectivity index (χ4n) is 1.49. The molecule has 0 bridgehead atoms. The van der Waals surface area contributed by atoms with Crippen LogP contribution < -0.4 is 9.47 Å². The maximum Gasteiger partial charge on any atom is 0.311 e. The van der Waals surface area contributed by atoms with Crippen LogP contribution in [0.15, 0.2) is 24.3 Å². The van der Waals surface area contributed by atoms with Gasteiger partial charge in [-0.25, -0.2) is 0 Å².